The fourth-order valence-corrected chi connectivity index (χ4v) is 3.43. The Hall–Kier alpha value is -1.17. The van der Waals surface area contributed by atoms with Gasteiger partial charge in [-0.25, -0.2) is 0 Å². The fraction of sp³-hybridized carbons (Fsp3) is 0.750. The molecule has 0 aromatic rings. The normalized spacial score (nSPS) is 28.2. The number of aliphatic hydroxyl groups is 3. The number of amides is 1. The lowest BCUT2D eigenvalue weighted by atomic mass is 9.89. The van der Waals surface area contributed by atoms with Crippen molar-refractivity contribution >= 4 is 5.91 Å². The minimum absolute atomic E-state index is 0.0403. The van der Waals surface area contributed by atoms with E-state index in [4.69, 9.17) is 5.73 Å². The van der Waals surface area contributed by atoms with E-state index in [9.17, 15) is 20.1 Å². The summed E-state index contributed by atoms with van der Waals surface area (Å²) in [6.45, 7) is 2.13. The molecule has 0 aromatic heterocycles. The lowest BCUT2D eigenvalue weighted by Gasteiger charge is -2.19. The van der Waals surface area contributed by atoms with Crippen molar-refractivity contribution in [3.8, 4) is 0 Å². The number of carbonyl (C=O) groups is 1. The molecule has 5 heteroatoms. The number of carbonyl (C=O) groups excluding carboxylic acids is 1. The summed E-state index contributed by atoms with van der Waals surface area (Å²) in [4.78, 5) is 10.7. The van der Waals surface area contributed by atoms with Gasteiger partial charge in [-0.3, -0.25) is 4.79 Å². The maximum atomic E-state index is 10.7. The van der Waals surface area contributed by atoms with E-state index in [1.165, 1.54) is 0 Å². The number of nitrogens with two attached hydrogens (primary N) is 1. The summed E-state index contributed by atoms with van der Waals surface area (Å²) < 4.78 is 0. The Morgan fingerprint density at radius 2 is 1.96 bits per heavy atom. The zero-order valence-electron chi connectivity index (χ0n) is 15.4. The van der Waals surface area contributed by atoms with Crippen LogP contribution >= 0.6 is 0 Å². The van der Waals surface area contributed by atoms with Gasteiger partial charge in [0.15, 0.2) is 0 Å². The molecule has 0 radical (unpaired) electrons. The molecule has 5 atom stereocenters. The van der Waals surface area contributed by atoms with Gasteiger partial charge in [0.2, 0.25) is 5.91 Å². The van der Waals surface area contributed by atoms with Crippen LogP contribution in [0.5, 0.6) is 0 Å². The van der Waals surface area contributed by atoms with Gasteiger partial charge in [0, 0.05) is 18.8 Å². The Labute approximate surface area is 151 Å². The minimum Gasteiger partial charge on any atom is -0.393 e. The third kappa shape index (κ3) is 8.66. The highest BCUT2D eigenvalue weighted by Crippen LogP contribution is 2.36. The highest BCUT2D eigenvalue weighted by atomic mass is 16.3. The van der Waals surface area contributed by atoms with Crippen LogP contribution < -0.4 is 5.73 Å². The largest absolute Gasteiger partial charge is 0.393 e. The van der Waals surface area contributed by atoms with Gasteiger partial charge in [-0.1, -0.05) is 50.5 Å². The van der Waals surface area contributed by atoms with Crippen LogP contribution in [0.1, 0.15) is 64.7 Å². The van der Waals surface area contributed by atoms with Gasteiger partial charge in [-0.05, 0) is 31.6 Å². The quantitative estimate of drug-likeness (QED) is 0.319. The summed E-state index contributed by atoms with van der Waals surface area (Å²) in [5, 5.41) is 30.4. The highest BCUT2D eigenvalue weighted by molar-refractivity contribution is 5.73. The molecular weight excluding hydrogens is 318 g/mol. The van der Waals surface area contributed by atoms with Gasteiger partial charge in [0.25, 0.3) is 0 Å². The van der Waals surface area contributed by atoms with E-state index < -0.39 is 18.3 Å². The van der Waals surface area contributed by atoms with Crippen molar-refractivity contribution in [2.75, 3.05) is 0 Å². The molecule has 5 N–H and O–H groups in total. The average molecular weight is 354 g/mol. The zero-order chi connectivity index (χ0) is 18.7. The van der Waals surface area contributed by atoms with Crippen LogP contribution in [0.4, 0.5) is 0 Å². The Morgan fingerprint density at radius 1 is 1.20 bits per heavy atom. The lowest BCUT2D eigenvalue weighted by Crippen LogP contribution is -2.20. The van der Waals surface area contributed by atoms with Crippen molar-refractivity contribution in [3.63, 3.8) is 0 Å². The molecule has 0 heterocycles. The van der Waals surface area contributed by atoms with Crippen LogP contribution in [0.25, 0.3) is 0 Å². The highest BCUT2D eigenvalue weighted by Gasteiger charge is 2.39. The Morgan fingerprint density at radius 3 is 2.64 bits per heavy atom. The van der Waals surface area contributed by atoms with Crippen LogP contribution in [-0.4, -0.2) is 39.5 Å². The van der Waals surface area contributed by atoms with E-state index in [1.54, 1.807) is 6.08 Å². The molecule has 0 unspecified atom stereocenters. The number of hydrogen-bond donors (Lipinski definition) is 4. The lowest BCUT2D eigenvalue weighted by molar-refractivity contribution is -0.118. The fourth-order valence-electron chi connectivity index (χ4n) is 3.43. The van der Waals surface area contributed by atoms with Crippen LogP contribution in [0.15, 0.2) is 24.3 Å². The number of hydrogen-bond acceptors (Lipinski definition) is 4. The van der Waals surface area contributed by atoms with E-state index in [0.717, 1.165) is 38.5 Å². The van der Waals surface area contributed by atoms with Crippen LogP contribution in [-0.2, 0) is 4.79 Å². The number of allylic oxidation sites excluding steroid dienone is 2. The molecule has 1 aliphatic rings. The molecule has 25 heavy (non-hydrogen) atoms. The first kappa shape index (κ1) is 21.9. The Balaban J connectivity index is 2.46. The first-order chi connectivity index (χ1) is 12.0. The first-order valence-corrected chi connectivity index (χ1v) is 9.61. The summed E-state index contributed by atoms with van der Waals surface area (Å²) >= 11 is 0. The van der Waals surface area contributed by atoms with Crippen molar-refractivity contribution in [2.24, 2.45) is 17.6 Å². The van der Waals surface area contributed by atoms with Gasteiger partial charge in [-0.15, -0.1) is 0 Å². The smallest absolute Gasteiger partial charge is 0.217 e. The molecule has 1 rings (SSSR count). The zero-order valence-corrected chi connectivity index (χ0v) is 15.4. The number of unbranched alkanes of at least 4 members (excludes halogenated alkanes) is 3. The van der Waals surface area contributed by atoms with Gasteiger partial charge in [0.1, 0.15) is 0 Å². The molecule has 0 bridgehead atoms. The van der Waals surface area contributed by atoms with Gasteiger partial charge < -0.3 is 21.1 Å². The maximum Gasteiger partial charge on any atom is 0.217 e. The van der Waals surface area contributed by atoms with E-state index in [0.29, 0.717) is 19.3 Å². The van der Waals surface area contributed by atoms with E-state index >= 15 is 0 Å². The topological polar surface area (TPSA) is 104 Å². The van der Waals surface area contributed by atoms with Gasteiger partial charge >= 0.3 is 0 Å². The second-order valence-electron chi connectivity index (χ2n) is 7.13. The van der Waals surface area contributed by atoms with Crippen molar-refractivity contribution in [1.82, 2.24) is 0 Å². The average Bonchev–Trinajstić information content (AvgIpc) is 2.82. The van der Waals surface area contributed by atoms with E-state index in [2.05, 4.69) is 6.92 Å². The van der Waals surface area contributed by atoms with Crippen LogP contribution in [0.3, 0.4) is 0 Å². The molecule has 1 fully saturated rings. The monoisotopic (exact) mass is 353 g/mol. The van der Waals surface area contributed by atoms with E-state index in [1.807, 2.05) is 18.2 Å². The molecule has 5 nitrogen and oxygen atoms in total. The molecule has 1 saturated carbocycles. The summed E-state index contributed by atoms with van der Waals surface area (Å²) in [6.07, 6.45) is 13.0. The first-order valence-electron chi connectivity index (χ1n) is 9.61. The number of rotatable bonds is 12. The van der Waals surface area contributed by atoms with Crippen molar-refractivity contribution < 1.29 is 20.1 Å². The van der Waals surface area contributed by atoms with Crippen LogP contribution in [0.2, 0.25) is 0 Å². The summed E-state index contributed by atoms with van der Waals surface area (Å²) in [7, 11) is 0. The molecule has 0 spiro atoms. The SMILES string of the molecule is CCCCC[C@H](O)/C=C/[C@@H]1[C@@H](C/C=C\CCCC(N)=O)[C@@H](O)C[C@H]1O. The second-order valence-corrected chi connectivity index (χ2v) is 7.13. The molecule has 0 saturated heterocycles. The number of aliphatic hydroxyl groups excluding tert-OH is 3. The third-order valence-corrected chi connectivity index (χ3v) is 4.94. The third-order valence-electron chi connectivity index (χ3n) is 4.94. The molecular formula is C20H35NO4. The Bertz CT molecular complexity index is 435. The second kappa shape index (κ2) is 12.2. The predicted octanol–water partition coefficient (Wildman–Crippen LogP) is 2.44. The standard InChI is InChI=1S/C20H35NO4/c1-2-3-6-9-15(22)12-13-17-16(18(23)14-19(17)24)10-7-4-5-8-11-20(21)25/h4,7,12-13,15-19,22-24H,2-3,5-6,8-11,14H2,1H3,(H2,21,25)/b7-4-,13-12+/t15-,16+,17+,18-,19+/m0/s1. The maximum absolute atomic E-state index is 10.7. The molecule has 1 aliphatic carbocycles. The van der Waals surface area contributed by atoms with Crippen molar-refractivity contribution in [2.45, 2.75) is 83.0 Å². The molecule has 144 valence electrons. The summed E-state index contributed by atoms with van der Waals surface area (Å²) in [6, 6.07) is 0. The summed E-state index contributed by atoms with van der Waals surface area (Å²) in [5.41, 5.74) is 5.10. The number of primary amides is 1. The van der Waals surface area contributed by atoms with E-state index in [-0.39, 0.29) is 17.7 Å². The van der Waals surface area contributed by atoms with Gasteiger partial charge in [-0.2, -0.15) is 0 Å². The summed E-state index contributed by atoms with van der Waals surface area (Å²) in [5.74, 6) is -0.460. The van der Waals surface area contributed by atoms with Crippen molar-refractivity contribution in [3.05, 3.63) is 24.3 Å². The van der Waals surface area contributed by atoms with Gasteiger partial charge in [0.05, 0.1) is 18.3 Å². The minimum atomic E-state index is -0.567. The predicted molar refractivity (Wildman–Crippen MR) is 99.7 cm³/mol. The van der Waals surface area contributed by atoms with Crippen molar-refractivity contribution in [1.29, 1.82) is 0 Å². The van der Waals surface area contributed by atoms with Crippen LogP contribution in [0, 0.1) is 11.8 Å². The Kier molecular flexibility index (Phi) is 10.7. The molecule has 0 aliphatic heterocycles. The molecule has 0 aromatic carbocycles. The molecule has 1 amide bonds.